The Kier molecular flexibility index (Phi) is 8.20. The number of carbonyl (C=O) groups is 2. The Morgan fingerprint density at radius 1 is 1.03 bits per heavy atom. The Balaban J connectivity index is 1.55. The minimum atomic E-state index is -0.474. The van der Waals surface area contributed by atoms with Gasteiger partial charge < -0.3 is 10.1 Å². The molecule has 0 fully saturated rings. The molecule has 0 aromatic heterocycles. The van der Waals surface area contributed by atoms with Gasteiger partial charge in [0.2, 0.25) is 0 Å². The first-order valence-corrected chi connectivity index (χ1v) is 10.5. The minimum Gasteiger partial charge on any atom is -0.488 e. The van der Waals surface area contributed by atoms with E-state index in [2.05, 4.69) is 31.8 Å². The van der Waals surface area contributed by atoms with Gasteiger partial charge in [0, 0.05) is 10.0 Å². The normalized spacial score (nSPS) is 10.6. The number of rotatable bonds is 8. The zero-order chi connectivity index (χ0) is 22.1. The van der Waals surface area contributed by atoms with Gasteiger partial charge in [-0.1, -0.05) is 70.0 Å². The summed E-state index contributed by atoms with van der Waals surface area (Å²) >= 11 is 9.40. The summed E-state index contributed by atoms with van der Waals surface area (Å²) in [5.41, 5.74) is 4.41. The van der Waals surface area contributed by atoms with E-state index in [0.29, 0.717) is 28.5 Å². The molecule has 0 aliphatic carbocycles. The first-order chi connectivity index (χ1) is 15.0. The largest absolute Gasteiger partial charge is 0.488 e. The lowest BCUT2D eigenvalue weighted by Gasteiger charge is -2.10. The highest BCUT2D eigenvalue weighted by Gasteiger charge is 2.10. The number of hydrogen-bond acceptors (Lipinski definition) is 4. The van der Waals surface area contributed by atoms with Crippen LogP contribution in [0.4, 0.5) is 0 Å². The van der Waals surface area contributed by atoms with Crippen molar-refractivity contribution in [3.05, 3.63) is 99.0 Å². The maximum atomic E-state index is 12.1. The van der Waals surface area contributed by atoms with Crippen molar-refractivity contribution >= 4 is 45.6 Å². The van der Waals surface area contributed by atoms with Gasteiger partial charge in [0.05, 0.1) is 23.3 Å². The summed E-state index contributed by atoms with van der Waals surface area (Å²) in [4.78, 5) is 24.1. The highest BCUT2D eigenvalue weighted by molar-refractivity contribution is 9.10. The molecule has 2 amide bonds. The third kappa shape index (κ3) is 6.94. The molecule has 0 saturated heterocycles. The SMILES string of the molecule is O=C(CNC(=O)c1ccccc1Cl)N/N=C\c1cc(Br)ccc1OCc1ccccc1. The van der Waals surface area contributed by atoms with Crippen LogP contribution in [0, 0.1) is 0 Å². The van der Waals surface area contributed by atoms with E-state index in [9.17, 15) is 9.59 Å². The van der Waals surface area contributed by atoms with Crippen molar-refractivity contribution < 1.29 is 14.3 Å². The van der Waals surface area contributed by atoms with Crippen molar-refractivity contribution in [2.45, 2.75) is 6.61 Å². The monoisotopic (exact) mass is 499 g/mol. The van der Waals surface area contributed by atoms with Crippen LogP contribution in [0.5, 0.6) is 5.75 Å². The highest BCUT2D eigenvalue weighted by Crippen LogP contribution is 2.23. The predicted octanol–water partition coefficient (Wildman–Crippen LogP) is 4.56. The average Bonchev–Trinajstić information content (AvgIpc) is 2.78. The first-order valence-electron chi connectivity index (χ1n) is 9.34. The second-order valence-electron chi connectivity index (χ2n) is 6.41. The molecule has 8 heteroatoms. The number of carbonyl (C=O) groups excluding carboxylic acids is 2. The number of nitrogens with zero attached hydrogens (tertiary/aromatic N) is 1. The molecule has 158 valence electrons. The zero-order valence-electron chi connectivity index (χ0n) is 16.3. The summed E-state index contributed by atoms with van der Waals surface area (Å²) < 4.78 is 6.73. The Bertz CT molecular complexity index is 1090. The molecular weight excluding hydrogens is 482 g/mol. The molecule has 0 unspecified atom stereocenters. The Hall–Kier alpha value is -3.16. The molecule has 0 aliphatic rings. The van der Waals surface area contributed by atoms with Crippen molar-refractivity contribution in [1.29, 1.82) is 0 Å². The summed E-state index contributed by atoms with van der Waals surface area (Å²) in [7, 11) is 0. The smallest absolute Gasteiger partial charge is 0.259 e. The van der Waals surface area contributed by atoms with Crippen molar-refractivity contribution in [2.24, 2.45) is 5.10 Å². The van der Waals surface area contributed by atoms with E-state index >= 15 is 0 Å². The van der Waals surface area contributed by atoms with Crippen molar-refractivity contribution in [3.8, 4) is 5.75 Å². The van der Waals surface area contributed by atoms with Gasteiger partial charge >= 0.3 is 0 Å². The zero-order valence-corrected chi connectivity index (χ0v) is 18.7. The fourth-order valence-corrected chi connectivity index (χ4v) is 3.20. The molecule has 31 heavy (non-hydrogen) atoms. The van der Waals surface area contributed by atoms with Crippen LogP contribution in [-0.2, 0) is 11.4 Å². The lowest BCUT2D eigenvalue weighted by Crippen LogP contribution is -2.35. The number of nitrogens with one attached hydrogen (secondary N) is 2. The topological polar surface area (TPSA) is 79.8 Å². The first kappa shape index (κ1) is 22.5. The molecular formula is C23H19BrClN3O3. The molecule has 0 atom stereocenters. The minimum absolute atomic E-state index is 0.239. The van der Waals surface area contributed by atoms with Crippen molar-refractivity contribution in [1.82, 2.24) is 10.7 Å². The number of ether oxygens (including phenoxy) is 1. The average molecular weight is 501 g/mol. The lowest BCUT2D eigenvalue weighted by molar-refractivity contribution is -0.120. The second kappa shape index (κ2) is 11.3. The molecule has 3 aromatic rings. The van der Waals surface area contributed by atoms with Crippen molar-refractivity contribution in [3.63, 3.8) is 0 Å². The number of benzene rings is 3. The maximum Gasteiger partial charge on any atom is 0.259 e. The van der Waals surface area contributed by atoms with Crippen LogP contribution in [0.25, 0.3) is 0 Å². The van der Waals surface area contributed by atoms with Gasteiger partial charge in [0.15, 0.2) is 0 Å². The van der Waals surface area contributed by atoms with Crippen LogP contribution in [0.2, 0.25) is 5.02 Å². The van der Waals surface area contributed by atoms with Crippen LogP contribution < -0.4 is 15.5 Å². The molecule has 6 nitrogen and oxygen atoms in total. The predicted molar refractivity (Wildman–Crippen MR) is 124 cm³/mol. The summed E-state index contributed by atoms with van der Waals surface area (Å²) in [6.07, 6.45) is 1.48. The van der Waals surface area contributed by atoms with Gasteiger partial charge in [-0.25, -0.2) is 5.43 Å². The Morgan fingerprint density at radius 3 is 2.55 bits per heavy atom. The van der Waals surface area contributed by atoms with Gasteiger partial charge in [0.25, 0.3) is 11.8 Å². The third-order valence-electron chi connectivity index (χ3n) is 4.13. The highest BCUT2D eigenvalue weighted by atomic mass is 79.9. The van der Waals surface area contributed by atoms with Crippen LogP contribution in [0.3, 0.4) is 0 Å². The van der Waals surface area contributed by atoms with E-state index < -0.39 is 11.8 Å². The van der Waals surface area contributed by atoms with E-state index in [-0.39, 0.29) is 6.54 Å². The quantitative estimate of drug-likeness (QED) is 0.351. The van der Waals surface area contributed by atoms with Gasteiger partial charge in [0.1, 0.15) is 12.4 Å². The lowest BCUT2D eigenvalue weighted by atomic mass is 10.2. The standard InChI is InChI=1S/C23H19BrClN3O3/c24-18-10-11-21(31-15-16-6-2-1-3-7-16)17(12-18)13-27-28-22(29)14-26-23(30)19-8-4-5-9-20(19)25/h1-13H,14-15H2,(H,26,30)(H,28,29)/b27-13-. The Morgan fingerprint density at radius 2 is 1.77 bits per heavy atom. The van der Waals surface area contributed by atoms with Gasteiger partial charge in [-0.05, 0) is 35.9 Å². The van der Waals surface area contributed by atoms with Gasteiger partial charge in [-0.3, -0.25) is 9.59 Å². The fourth-order valence-electron chi connectivity index (χ4n) is 2.60. The molecule has 0 bridgehead atoms. The van der Waals surface area contributed by atoms with Crippen LogP contribution in [0.1, 0.15) is 21.5 Å². The third-order valence-corrected chi connectivity index (χ3v) is 4.95. The maximum absolute atomic E-state index is 12.1. The number of hydrazone groups is 1. The molecule has 0 saturated carbocycles. The molecule has 0 spiro atoms. The molecule has 3 rings (SSSR count). The fraction of sp³-hybridized carbons (Fsp3) is 0.0870. The van der Waals surface area contributed by atoms with Crippen LogP contribution >= 0.6 is 27.5 Å². The van der Waals surface area contributed by atoms with Gasteiger partial charge in [-0.2, -0.15) is 5.10 Å². The van der Waals surface area contributed by atoms with E-state index in [1.165, 1.54) is 6.21 Å². The molecule has 0 aliphatic heterocycles. The summed E-state index contributed by atoms with van der Waals surface area (Å²) in [5, 5.41) is 6.79. The van der Waals surface area contributed by atoms with Crippen molar-refractivity contribution in [2.75, 3.05) is 6.54 Å². The second-order valence-corrected chi connectivity index (χ2v) is 7.73. The number of halogens is 2. The number of amides is 2. The van der Waals surface area contributed by atoms with Crippen LogP contribution in [-0.4, -0.2) is 24.6 Å². The number of hydrogen-bond donors (Lipinski definition) is 2. The Labute approximate surface area is 193 Å². The van der Waals surface area contributed by atoms with E-state index in [1.54, 1.807) is 24.3 Å². The molecule has 2 N–H and O–H groups in total. The van der Waals surface area contributed by atoms with Crippen LogP contribution in [0.15, 0.2) is 82.4 Å². The van der Waals surface area contributed by atoms with E-state index in [0.717, 1.165) is 10.0 Å². The summed E-state index contributed by atoms with van der Waals surface area (Å²) in [6.45, 7) is 0.168. The molecule has 0 radical (unpaired) electrons. The van der Waals surface area contributed by atoms with Gasteiger partial charge in [-0.15, -0.1) is 0 Å². The summed E-state index contributed by atoms with van der Waals surface area (Å²) in [5.74, 6) is -0.288. The summed E-state index contributed by atoms with van der Waals surface area (Å²) in [6, 6.07) is 21.9. The molecule has 0 heterocycles. The molecule has 3 aromatic carbocycles. The van der Waals surface area contributed by atoms with E-state index in [1.807, 2.05) is 48.5 Å². The van der Waals surface area contributed by atoms with E-state index in [4.69, 9.17) is 16.3 Å².